The minimum atomic E-state index is -1.04. The molecular formula is C17H21N5O4. The van der Waals surface area contributed by atoms with Gasteiger partial charge in [0.05, 0.1) is 12.5 Å². The molecule has 0 fully saturated rings. The zero-order valence-corrected chi connectivity index (χ0v) is 15.1. The number of carboxylic acids is 1. The molecular weight excluding hydrogens is 338 g/mol. The standard InChI is InChI=1S/C17H21N5O4/c1-10-19-21-15(22-20-10)12-7-5-11(6-8-12)13(9-14(23)24)18-16(25)26-17(2,3)4/h5-8,13H,9H2,1-4H3,(H,18,25)(H,23,24)/t13-/m0/s1. The van der Waals surface area contributed by atoms with Crippen molar-refractivity contribution < 1.29 is 19.4 Å². The Bertz CT molecular complexity index is 769. The van der Waals surface area contributed by atoms with Crippen molar-refractivity contribution in [3.8, 4) is 11.4 Å². The number of carbonyl (C=O) groups is 2. The zero-order chi connectivity index (χ0) is 19.3. The lowest BCUT2D eigenvalue weighted by Crippen LogP contribution is -2.35. The van der Waals surface area contributed by atoms with E-state index in [1.807, 2.05) is 0 Å². The molecule has 9 heteroatoms. The summed E-state index contributed by atoms with van der Waals surface area (Å²) in [6.45, 7) is 6.89. The van der Waals surface area contributed by atoms with E-state index in [-0.39, 0.29) is 6.42 Å². The molecule has 0 aliphatic heterocycles. The Morgan fingerprint density at radius 3 is 2.19 bits per heavy atom. The van der Waals surface area contributed by atoms with E-state index in [9.17, 15) is 9.59 Å². The van der Waals surface area contributed by atoms with Crippen LogP contribution in [-0.4, -0.2) is 43.2 Å². The largest absolute Gasteiger partial charge is 0.481 e. The lowest BCUT2D eigenvalue weighted by molar-refractivity contribution is -0.137. The predicted octanol–water partition coefficient (Wildman–Crippen LogP) is 2.28. The number of carboxylic acid groups (broad SMARTS) is 1. The number of amides is 1. The Labute approximate surface area is 150 Å². The fourth-order valence-electron chi connectivity index (χ4n) is 2.14. The van der Waals surface area contributed by atoms with Crippen LogP contribution in [0, 0.1) is 6.92 Å². The molecule has 0 saturated heterocycles. The first kappa shape index (κ1) is 19.2. The Kier molecular flexibility index (Phi) is 5.81. The van der Waals surface area contributed by atoms with Gasteiger partial charge in [-0.15, -0.1) is 20.4 Å². The Morgan fingerprint density at radius 2 is 1.69 bits per heavy atom. The van der Waals surface area contributed by atoms with Gasteiger partial charge in [0, 0.05) is 5.56 Å². The highest BCUT2D eigenvalue weighted by Gasteiger charge is 2.22. The molecule has 2 rings (SSSR count). The molecule has 0 aliphatic rings. The van der Waals surface area contributed by atoms with Gasteiger partial charge in [0.2, 0.25) is 5.82 Å². The topological polar surface area (TPSA) is 127 Å². The molecule has 0 aliphatic carbocycles. The minimum Gasteiger partial charge on any atom is -0.481 e. The number of hydrogen-bond acceptors (Lipinski definition) is 7. The third-order valence-electron chi connectivity index (χ3n) is 3.22. The van der Waals surface area contributed by atoms with Crippen molar-refractivity contribution >= 4 is 12.1 Å². The second-order valence-corrected chi connectivity index (χ2v) is 6.69. The Balaban J connectivity index is 2.18. The van der Waals surface area contributed by atoms with Gasteiger partial charge in [-0.25, -0.2) is 4.79 Å². The number of aromatic nitrogens is 4. The smallest absolute Gasteiger partial charge is 0.408 e. The van der Waals surface area contributed by atoms with Crippen molar-refractivity contribution in [3.63, 3.8) is 0 Å². The monoisotopic (exact) mass is 359 g/mol. The van der Waals surface area contributed by atoms with Crippen molar-refractivity contribution in [2.45, 2.75) is 45.8 Å². The second kappa shape index (κ2) is 7.85. The summed E-state index contributed by atoms with van der Waals surface area (Å²) in [5, 5.41) is 27.3. The number of benzene rings is 1. The summed E-state index contributed by atoms with van der Waals surface area (Å²) in [5.41, 5.74) is 0.625. The van der Waals surface area contributed by atoms with E-state index in [0.29, 0.717) is 22.8 Å². The van der Waals surface area contributed by atoms with Crippen LogP contribution >= 0.6 is 0 Å². The van der Waals surface area contributed by atoms with Crippen LogP contribution in [0.5, 0.6) is 0 Å². The normalized spacial score (nSPS) is 12.3. The maximum atomic E-state index is 12.0. The highest BCUT2D eigenvalue weighted by atomic mass is 16.6. The summed E-state index contributed by atoms with van der Waals surface area (Å²) in [6, 6.07) is 6.10. The predicted molar refractivity (Wildman–Crippen MR) is 92.2 cm³/mol. The molecule has 138 valence electrons. The van der Waals surface area contributed by atoms with E-state index in [1.54, 1.807) is 52.0 Å². The van der Waals surface area contributed by atoms with Gasteiger partial charge < -0.3 is 15.2 Å². The van der Waals surface area contributed by atoms with Crippen LogP contribution in [0.1, 0.15) is 44.6 Å². The fraction of sp³-hybridized carbons (Fsp3) is 0.412. The summed E-state index contributed by atoms with van der Waals surface area (Å²) in [7, 11) is 0. The number of aryl methyl sites for hydroxylation is 1. The third kappa shape index (κ3) is 5.76. The summed E-state index contributed by atoms with van der Waals surface area (Å²) >= 11 is 0. The lowest BCUT2D eigenvalue weighted by atomic mass is 10.0. The van der Waals surface area contributed by atoms with Crippen molar-refractivity contribution in [2.24, 2.45) is 0 Å². The average Bonchev–Trinajstić information content (AvgIpc) is 2.53. The first-order chi connectivity index (χ1) is 12.1. The zero-order valence-electron chi connectivity index (χ0n) is 15.1. The average molecular weight is 359 g/mol. The molecule has 1 heterocycles. The van der Waals surface area contributed by atoms with Gasteiger partial charge in [0.1, 0.15) is 5.60 Å². The van der Waals surface area contributed by atoms with E-state index in [1.165, 1.54) is 0 Å². The van der Waals surface area contributed by atoms with Crippen LogP contribution in [0.15, 0.2) is 24.3 Å². The molecule has 0 radical (unpaired) electrons. The van der Waals surface area contributed by atoms with Crippen molar-refractivity contribution in [3.05, 3.63) is 35.7 Å². The van der Waals surface area contributed by atoms with Gasteiger partial charge in [-0.05, 0) is 33.3 Å². The maximum Gasteiger partial charge on any atom is 0.408 e. The summed E-state index contributed by atoms with van der Waals surface area (Å²) in [5.74, 6) is -0.212. The van der Waals surface area contributed by atoms with Crippen LogP contribution in [0.25, 0.3) is 11.4 Å². The third-order valence-corrected chi connectivity index (χ3v) is 3.22. The number of ether oxygens (including phenoxy) is 1. The fourth-order valence-corrected chi connectivity index (χ4v) is 2.14. The van der Waals surface area contributed by atoms with E-state index >= 15 is 0 Å². The Hall–Kier alpha value is -3.10. The summed E-state index contributed by atoms with van der Waals surface area (Å²) in [4.78, 5) is 23.1. The quantitative estimate of drug-likeness (QED) is 0.832. The molecule has 1 aromatic carbocycles. The van der Waals surface area contributed by atoms with Gasteiger partial charge >= 0.3 is 12.1 Å². The Morgan fingerprint density at radius 1 is 1.12 bits per heavy atom. The molecule has 0 unspecified atom stereocenters. The van der Waals surface area contributed by atoms with Crippen molar-refractivity contribution in [1.29, 1.82) is 0 Å². The molecule has 1 atom stereocenters. The van der Waals surface area contributed by atoms with Gasteiger partial charge in [-0.2, -0.15) is 0 Å². The number of rotatable bonds is 5. The van der Waals surface area contributed by atoms with Crippen LogP contribution in [0.4, 0.5) is 4.79 Å². The van der Waals surface area contributed by atoms with Gasteiger partial charge in [-0.3, -0.25) is 4.79 Å². The van der Waals surface area contributed by atoms with E-state index in [4.69, 9.17) is 9.84 Å². The molecule has 9 nitrogen and oxygen atoms in total. The van der Waals surface area contributed by atoms with Crippen molar-refractivity contribution in [1.82, 2.24) is 25.7 Å². The van der Waals surface area contributed by atoms with Gasteiger partial charge in [0.25, 0.3) is 0 Å². The summed E-state index contributed by atoms with van der Waals surface area (Å²) in [6.07, 6.45) is -0.953. The maximum absolute atomic E-state index is 12.0. The number of nitrogens with zero attached hydrogens (tertiary/aromatic N) is 4. The number of carbonyl (C=O) groups excluding carboxylic acids is 1. The number of alkyl carbamates (subject to hydrolysis) is 1. The first-order valence-corrected chi connectivity index (χ1v) is 8.00. The minimum absolute atomic E-state index is 0.275. The molecule has 0 spiro atoms. The van der Waals surface area contributed by atoms with E-state index in [0.717, 1.165) is 0 Å². The molecule has 1 amide bonds. The van der Waals surface area contributed by atoms with E-state index in [2.05, 4.69) is 25.7 Å². The number of aliphatic carboxylic acids is 1. The molecule has 2 N–H and O–H groups in total. The molecule has 0 saturated carbocycles. The van der Waals surface area contributed by atoms with Crippen LogP contribution in [-0.2, 0) is 9.53 Å². The van der Waals surface area contributed by atoms with Crippen LogP contribution in [0.3, 0.4) is 0 Å². The number of hydrogen-bond donors (Lipinski definition) is 2. The lowest BCUT2D eigenvalue weighted by Gasteiger charge is -2.23. The highest BCUT2D eigenvalue weighted by Crippen LogP contribution is 2.21. The number of nitrogens with one attached hydrogen (secondary N) is 1. The SMILES string of the molecule is Cc1nnc(-c2ccc([C@H](CC(=O)O)NC(=O)OC(C)(C)C)cc2)nn1. The van der Waals surface area contributed by atoms with Gasteiger partial charge in [-0.1, -0.05) is 24.3 Å². The summed E-state index contributed by atoms with van der Waals surface area (Å²) < 4.78 is 5.20. The van der Waals surface area contributed by atoms with Crippen LogP contribution in [0.2, 0.25) is 0 Å². The highest BCUT2D eigenvalue weighted by molar-refractivity contribution is 5.72. The van der Waals surface area contributed by atoms with Crippen LogP contribution < -0.4 is 5.32 Å². The van der Waals surface area contributed by atoms with E-state index < -0.39 is 23.7 Å². The molecule has 0 bridgehead atoms. The molecule has 26 heavy (non-hydrogen) atoms. The second-order valence-electron chi connectivity index (χ2n) is 6.69. The first-order valence-electron chi connectivity index (χ1n) is 8.00. The van der Waals surface area contributed by atoms with Gasteiger partial charge in [0.15, 0.2) is 5.82 Å². The molecule has 1 aromatic heterocycles. The van der Waals surface area contributed by atoms with Crippen molar-refractivity contribution in [2.75, 3.05) is 0 Å². The molecule has 2 aromatic rings.